The highest BCUT2D eigenvalue weighted by Gasteiger charge is 2.56. The quantitative estimate of drug-likeness (QED) is 0.252. The summed E-state index contributed by atoms with van der Waals surface area (Å²) < 4.78 is 13.9. The van der Waals surface area contributed by atoms with Crippen molar-refractivity contribution in [1.29, 1.82) is 0 Å². The number of ether oxygens (including phenoxy) is 1. The minimum atomic E-state index is -2.70. The fourth-order valence-corrected chi connectivity index (χ4v) is 12.1. The van der Waals surface area contributed by atoms with Crippen LogP contribution in [-0.2, 0) is 9.16 Å². The Morgan fingerprint density at radius 1 is 0.976 bits per heavy atom. The van der Waals surface area contributed by atoms with Crippen LogP contribution in [0.4, 0.5) is 0 Å². The first-order chi connectivity index (χ1) is 19.7. The maximum absolute atomic E-state index is 7.62. The highest BCUT2D eigenvalue weighted by molar-refractivity contribution is 6.99. The van der Waals surface area contributed by atoms with Crippen LogP contribution in [0.3, 0.4) is 0 Å². The lowest BCUT2D eigenvalue weighted by Crippen LogP contribution is -2.70. The zero-order valence-electron chi connectivity index (χ0n) is 24.5. The van der Waals surface area contributed by atoms with E-state index in [4.69, 9.17) is 20.8 Å². The third-order valence-electron chi connectivity index (χ3n) is 9.37. The van der Waals surface area contributed by atoms with Gasteiger partial charge in [0.25, 0.3) is 8.32 Å². The number of nitrogens with zero attached hydrogens (tertiary/aromatic N) is 3. The number of benzene rings is 3. The summed E-state index contributed by atoms with van der Waals surface area (Å²) in [6.07, 6.45) is 5.48. The first kappa shape index (κ1) is 28.5. The highest BCUT2D eigenvalue weighted by Crippen LogP contribution is 2.43. The Morgan fingerprint density at radius 3 is 2.22 bits per heavy atom. The molecule has 2 aliphatic heterocycles. The van der Waals surface area contributed by atoms with Crippen LogP contribution in [0, 0.1) is 0 Å². The minimum Gasteiger partial charge on any atom is -0.400 e. The van der Waals surface area contributed by atoms with Crippen molar-refractivity contribution in [1.82, 2.24) is 14.9 Å². The maximum Gasteiger partial charge on any atom is 0.261 e. The normalized spacial score (nSPS) is 22.8. The Labute approximate surface area is 250 Å². The summed E-state index contributed by atoms with van der Waals surface area (Å²) >= 11 is 6.78. The molecule has 1 aromatic heterocycles. The van der Waals surface area contributed by atoms with Gasteiger partial charge in [-0.15, -0.1) is 0 Å². The number of fused-ring (bicyclic) bond motifs is 1. The maximum atomic E-state index is 7.62. The molecule has 0 bridgehead atoms. The largest absolute Gasteiger partial charge is 0.400 e. The highest BCUT2D eigenvalue weighted by atomic mass is 35.5. The zero-order valence-corrected chi connectivity index (χ0v) is 26.3. The predicted molar refractivity (Wildman–Crippen MR) is 170 cm³/mol. The van der Waals surface area contributed by atoms with Gasteiger partial charge in [-0.05, 0) is 71.9 Å². The van der Waals surface area contributed by atoms with E-state index in [9.17, 15) is 0 Å². The van der Waals surface area contributed by atoms with E-state index in [-0.39, 0.29) is 16.7 Å². The van der Waals surface area contributed by atoms with Gasteiger partial charge in [-0.3, -0.25) is 4.90 Å². The second-order valence-corrected chi connectivity index (χ2v) is 17.5. The van der Waals surface area contributed by atoms with Gasteiger partial charge in [-0.2, -0.15) is 0 Å². The third-order valence-corrected chi connectivity index (χ3v) is 14.7. The van der Waals surface area contributed by atoms with Gasteiger partial charge in [0.2, 0.25) is 0 Å². The van der Waals surface area contributed by atoms with Crippen LogP contribution in [0.5, 0.6) is 0 Å². The van der Waals surface area contributed by atoms with Gasteiger partial charge in [0.05, 0.1) is 30.4 Å². The summed E-state index contributed by atoms with van der Waals surface area (Å²) in [4.78, 5) is 11.2. The predicted octanol–water partition coefficient (Wildman–Crippen LogP) is 6.20. The SMILES string of the molecule is CC1(N2CCC(c3cc4ncncc4cc3Cl)CC2)COCC1O[Si](c1ccccc1)(c1ccccc1)C(C)(C)C. The third kappa shape index (κ3) is 5.15. The van der Waals surface area contributed by atoms with Crippen LogP contribution in [0.1, 0.15) is 52.0 Å². The van der Waals surface area contributed by atoms with Gasteiger partial charge in [0, 0.05) is 16.6 Å². The second-order valence-electron chi connectivity index (χ2n) is 12.9. The Bertz CT molecular complexity index is 1450. The smallest absolute Gasteiger partial charge is 0.261 e. The first-order valence-electron chi connectivity index (χ1n) is 14.7. The molecular weight excluding hydrogens is 546 g/mol. The lowest BCUT2D eigenvalue weighted by atomic mass is 9.85. The Balaban J connectivity index is 1.28. The zero-order chi connectivity index (χ0) is 28.7. The van der Waals surface area contributed by atoms with Gasteiger partial charge in [-0.25, -0.2) is 9.97 Å². The van der Waals surface area contributed by atoms with E-state index in [2.05, 4.69) is 109 Å². The van der Waals surface area contributed by atoms with Crippen molar-refractivity contribution in [2.24, 2.45) is 0 Å². The Hall–Kier alpha value is -2.61. The van der Waals surface area contributed by atoms with E-state index in [1.54, 1.807) is 6.33 Å². The topological polar surface area (TPSA) is 47.5 Å². The number of hydrogen-bond acceptors (Lipinski definition) is 5. The van der Waals surface area contributed by atoms with Crippen molar-refractivity contribution >= 4 is 41.2 Å². The summed E-state index contributed by atoms with van der Waals surface area (Å²) in [6, 6.07) is 26.0. The number of piperidine rings is 1. The van der Waals surface area contributed by atoms with E-state index >= 15 is 0 Å². The minimum absolute atomic E-state index is 0.0358. The van der Waals surface area contributed by atoms with Gasteiger partial charge in [0.15, 0.2) is 0 Å². The summed E-state index contributed by atoms with van der Waals surface area (Å²) in [5, 5.41) is 4.33. The average molecular weight is 586 g/mol. The molecule has 3 aromatic carbocycles. The first-order valence-corrected chi connectivity index (χ1v) is 17.0. The lowest BCUT2D eigenvalue weighted by molar-refractivity contribution is 0.00483. The summed E-state index contributed by atoms with van der Waals surface area (Å²) in [6.45, 7) is 12.6. The van der Waals surface area contributed by atoms with Crippen molar-refractivity contribution in [3.63, 3.8) is 0 Å². The molecule has 0 spiro atoms. The molecule has 3 heterocycles. The molecule has 2 saturated heterocycles. The molecule has 0 amide bonds. The molecule has 4 aromatic rings. The molecule has 5 nitrogen and oxygen atoms in total. The van der Waals surface area contributed by atoms with E-state index in [0.29, 0.717) is 19.1 Å². The summed E-state index contributed by atoms with van der Waals surface area (Å²) in [5.74, 6) is 0.403. The molecule has 6 rings (SSSR count). The van der Waals surface area contributed by atoms with E-state index in [1.807, 2.05) is 12.3 Å². The van der Waals surface area contributed by atoms with Gasteiger partial charge < -0.3 is 9.16 Å². The number of halogens is 1. The number of aromatic nitrogens is 2. The van der Waals surface area contributed by atoms with E-state index in [1.165, 1.54) is 15.9 Å². The van der Waals surface area contributed by atoms with Crippen molar-refractivity contribution in [3.05, 3.63) is 95.9 Å². The fraction of sp³-hybridized carbons (Fsp3) is 0.412. The molecular formula is C34H40ClN3O2Si. The van der Waals surface area contributed by atoms with E-state index in [0.717, 1.165) is 41.9 Å². The standard InChI is InChI=1S/C34H40ClN3O2Si/c1-33(2,3)41(27-11-7-5-8-12-27,28-13-9-6-10-14-28)40-32-22-39-23-34(32,4)38-17-15-25(16-18-38)29-20-31-26(19-30(29)35)21-36-24-37-31/h5-14,19-21,24-25,32H,15-18,22-23H2,1-4H3. The number of likely N-dealkylation sites (tertiary alicyclic amines) is 1. The fourth-order valence-electron chi connectivity index (χ4n) is 7.04. The average Bonchev–Trinajstić information content (AvgIpc) is 3.36. The van der Waals surface area contributed by atoms with Crippen LogP contribution in [0.15, 0.2) is 85.3 Å². The van der Waals surface area contributed by atoms with Crippen molar-refractivity contribution < 1.29 is 9.16 Å². The van der Waals surface area contributed by atoms with Crippen LogP contribution in [-0.4, -0.2) is 61.1 Å². The number of hydrogen-bond donors (Lipinski definition) is 0. The molecule has 2 unspecified atom stereocenters. The van der Waals surface area contributed by atoms with Crippen molar-refractivity contribution in [3.8, 4) is 0 Å². The molecule has 41 heavy (non-hydrogen) atoms. The van der Waals surface area contributed by atoms with E-state index < -0.39 is 8.32 Å². The molecule has 2 fully saturated rings. The van der Waals surface area contributed by atoms with Crippen LogP contribution in [0.2, 0.25) is 10.1 Å². The Kier molecular flexibility index (Phi) is 7.81. The molecule has 7 heteroatoms. The van der Waals surface area contributed by atoms with Crippen LogP contribution < -0.4 is 10.4 Å². The van der Waals surface area contributed by atoms with Gasteiger partial charge >= 0.3 is 0 Å². The molecule has 0 N–H and O–H groups in total. The Morgan fingerprint density at radius 2 is 1.61 bits per heavy atom. The van der Waals surface area contributed by atoms with Crippen LogP contribution in [0.25, 0.3) is 10.9 Å². The van der Waals surface area contributed by atoms with Crippen LogP contribution >= 0.6 is 11.6 Å². The summed E-state index contributed by atoms with van der Waals surface area (Å²) in [7, 11) is -2.70. The van der Waals surface area contributed by atoms with Gasteiger partial charge in [-0.1, -0.05) is 93.0 Å². The van der Waals surface area contributed by atoms with Crippen molar-refractivity contribution in [2.75, 3.05) is 26.3 Å². The molecule has 2 atom stereocenters. The molecule has 214 valence electrons. The number of rotatable bonds is 6. The molecule has 0 saturated carbocycles. The second kappa shape index (κ2) is 11.2. The monoisotopic (exact) mass is 585 g/mol. The lowest BCUT2D eigenvalue weighted by Gasteiger charge is -2.50. The molecule has 2 aliphatic rings. The van der Waals surface area contributed by atoms with Crippen molar-refractivity contribution in [2.45, 2.75) is 63.1 Å². The molecule has 0 radical (unpaired) electrons. The summed E-state index contributed by atoms with van der Waals surface area (Å²) in [5.41, 5.74) is 1.94. The molecule has 0 aliphatic carbocycles. The van der Waals surface area contributed by atoms with Gasteiger partial charge in [0.1, 0.15) is 6.33 Å².